The summed E-state index contributed by atoms with van der Waals surface area (Å²) in [6.07, 6.45) is 0.511. The summed E-state index contributed by atoms with van der Waals surface area (Å²) in [5.41, 5.74) is 0.849. The van der Waals surface area contributed by atoms with Crippen LogP contribution in [0.15, 0.2) is 24.3 Å². The van der Waals surface area contributed by atoms with Crippen LogP contribution in [0.5, 0.6) is 0 Å². The van der Waals surface area contributed by atoms with Gasteiger partial charge in [0.1, 0.15) is 18.2 Å². The Morgan fingerprint density at radius 2 is 2.00 bits per heavy atom. The molecule has 1 aromatic carbocycles. The number of aromatic nitrogens is 3. The van der Waals surface area contributed by atoms with Crippen LogP contribution >= 0.6 is 0 Å². The molecule has 0 aliphatic heterocycles. The van der Waals surface area contributed by atoms with Crippen molar-refractivity contribution in [1.82, 2.24) is 14.8 Å². The molecule has 0 fully saturated rings. The molecule has 0 saturated heterocycles. The largest absolute Gasteiger partial charge is 0.388 e. The van der Waals surface area contributed by atoms with E-state index in [1.165, 1.54) is 12.1 Å². The van der Waals surface area contributed by atoms with Crippen LogP contribution in [-0.2, 0) is 19.6 Å². The van der Waals surface area contributed by atoms with Crippen LogP contribution < -0.4 is 0 Å². The molecule has 0 unspecified atom stereocenters. The Balaban J connectivity index is 2.27. The first-order chi connectivity index (χ1) is 9.10. The van der Waals surface area contributed by atoms with Crippen LogP contribution in [0, 0.1) is 11.7 Å². The van der Waals surface area contributed by atoms with Crippen molar-refractivity contribution >= 4 is 0 Å². The van der Waals surface area contributed by atoms with Gasteiger partial charge in [-0.3, -0.25) is 0 Å². The Morgan fingerprint density at radius 1 is 1.26 bits per heavy atom. The first kappa shape index (κ1) is 13.7. The molecule has 1 heterocycles. The van der Waals surface area contributed by atoms with Gasteiger partial charge in [-0.1, -0.05) is 26.0 Å². The summed E-state index contributed by atoms with van der Waals surface area (Å²) in [5, 5.41) is 17.3. The second-order valence-electron chi connectivity index (χ2n) is 5.00. The number of benzene rings is 1. The van der Waals surface area contributed by atoms with Gasteiger partial charge in [0.25, 0.3) is 0 Å². The van der Waals surface area contributed by atoms with Gasteiger partial charge in [-0.25, -0.2) is 4.39 Å². The van der Waals surface area contributed by atoms with E-state index in [4.69, 9.17) is 0 Å². The van der Waals surface area contributed by atoms with Crippen molar-refractivity contribution in [3.63, 3.8) is 0 Å². The zero-order valence-corrected chi connectivity index (χ0v) is 11.2. The van der Waals surface area contributed by atoms with Crippen LogP contribution in [0.3, 0.4) is 0 Å². The minimum Gasteiger partial charge on any atom is -0.388 e. The number of nitrogens with zero attached hydrogens (tertiary/aromatic N) is 3. The molecule has 0 saturated carbocycles. The van der Waals surface area contributed by atoms with E-state index in [0.29, 0.717) is 18.2 Å². The smallest absolute Gasteiger partial charge is 0.158 e. The highest BCUT2D eigenvalue weighted by Gasteiger charge is 2.13. The highest BCUT2D eigenvalue weighted by atomic mass is 19.1. The fourth-order valence-corrected chi connectivity index (χ4v) is 2.03. The Labute approximate surface area is 111 Å². The molecule has 0 bridgehead atoms. The van der Waals surface area contributed by atoms with Gasteiger partial charge in [-0.2, -0.15) is 0 Å². The lowest BCUT2D eigenvalue weighted by Gasteiger charge is -2.11. The summed E-state index contributed by atoms with van der Waals surface area (Å²) in [7, 11) is 0. The maximum atomic E-state index is 13.2. The summed E-state index contributed by atoms with van der Waals surface area (Å²) >= 11 is 0. The monoisotopic (exact) mass is 263 g/mol. The summed E-state index contributed by atoms with van der Waals surface area (Å²) < 4.78 is 15.1. The van der Waals surface area contributed by atoms with Crippen molar-refractivity contribution in [3.05, 3.63) is 47.3 Å². The van der Waals surface area contributed by atoms with Gasteiger partial charge in [0.15, 0.2) is 5.82 Å². The van der Waals surface area contributed by atoms with Gasteiger partial charge in [0.2, 0.25) is 0 Å². The van der Waals surface area contributed by atoms with E-state index in [1.54, 1.807) is 6.07 Å². The molecule has 1 aromatic heterocycles. The lowest BCUT2D eigenvalue weighted by Crippen LogP contribution is -2.12. The SMILES string of the molecule is CC(C)Cn1c(CO)nnc1Cc1cccc(F)c1. The van der Waals surface area contributed by atoms with Crippen LogP contribution in [0.4, 0.5) is 4.39 Å². The summed E-state index contributed by atoms with van der Waals surface area (Å²) in [6, 6.07) is 6.45. The van der Waals surface area contributed by atoms with E-state index in [1.807, 2.05) is 10.6 Å². The third kappa shape index (κ3) is 3.38. The Hall–Kier alpha value is -1.75. The second-order valence-corrected chi connectivity index (χ2v) is 5.00. The van der Waals surface area contributed by atoms with E-state index in [-0.39, 0.29) is 12.4 Å². The first-order valence-electron chi connectivity index (χ1n) is 6.36. The van der Waals surface area contributed by atoms with Gasteiger partial charge < -0.3 is 9.67 Å². The van der Waals surface area contributed by atoms with Gasteiger partial charge in [0, 0.05) is 13.0 Å². The number of aliphatic hydroxyl groups is 1. The predicted molar refractivity (Wildman–Crippen MR) is 70.0 cm³/mol. The highest BCUT2D eigenvalue weighted by molar-refractivity contribution is 5.20. The molecule has 102 valence electrons. The Bertz CT molecular complexity index is 551. The van der Waals surface area contributed by atoms with E-state index in [2.05, 4.69) is 24.0 Å². The molecular formula is C14H18FN3O. The molecule has 19 heavy (non-hydrogen) atoms. The molecule has 0 aliphatic carbocycles. The zero-order valence-electron chi connectivity index (χ0n) is 11.2. The molecule has 2 aromatic rings. The van der Waals surface area contributed by atoms with Gasteiger partial charge in [0.05, 0.1) is 0 Å². The lowest BCUT2D eigenvalue weighted by atomic mass is 10.1. The van der Waals surface area contributed by atoms with Crippen molar-refractivity contribution in [2.45, 2.75) is 33.4 Å². The van der Waals surface area contributed by atoms with Crippen LogP contribution in [0.1, 0.15) is 31.1 Å². The fraction of sp³-hybridized carbons (Fsp3) is 0.429. The molecule has 5 heteroatoms. The molecule has 0 amide bonds. The lowest BCUT2D eigenvalue weighted by molar-refractivity contribution is 0.261. The average Bonchev–Trinajstić information content (AvgIpc) is 2.71. The van der Waals surface area contributed by atoms with Crippen molar-refractivity contribution in [3.8, 4) is 0 Å². The quantitative estimate of drug-likeness (QED) is 0.899. The third-order valence-electron chi connectivity index (χ3n) is 2.84. The highest BCUT2D eigenvalue weighted by Crippen LogP contribution is 2.13. The van der Waals surface area contributed by atoms with Crippen molar-refractivity contribution in [2.24, 2.45) is 5.92 Å². The minimum atomic E-state index is -0.255. The third-order valence-corrected chi connectivity index (χ3v) is 2.84. The molecule has 0 radical (unpaired) electrons. The number of halogens is 1. The summed E-state index contributed by atoms with van der Waals surface area (Å²) in [4.78, 5) is 0. The maximum Gasteiger partial charge on any atom is 0.158 e. The predicted octanol–water partition coefficient (Wildman–Crippen LogP) is 2.16. The van der Waals surface area contributed by atoms with E-state index in [9.17, 15) is 9.50 Å². The zero-order chi connectivity index (χ0) is 13.8. The van der Waals surface area contributed by atoms with Crippen LogP contribution in [-0.4, -0.2) is 19.9 Å². The molecule has 2 rings (SSSR count). The average molecular weight is 263 g/mol. The van der Waals surface area contributed by atoms with Gasteiger partial charge in [-0.15, -0.1) is 10.2 Å². The fourth-order valence-electron chi connectivity index (χ4n) is 2.03. The number of hydrogen-bond acceptors (Lipinski definition) is 3. The van der Waals surface area contributed by atoms with Crippen LogP contribution in [0.2, 0.25) is 0 Å². The van der Waals surface area contributed by atoms with E-state index in [0.717, 1.165) is 17.9 Å². The number of rotatable bonds is 5. The molecule has 0 aliphatic rings. The van der Waals surface area contributed by atoms with Gasteiger partial charge >= 0.3 is 0 Å². The Morgan fingerprint density at radius 3 is 2.63 bits per heavy atom. The van der Waals surface area contributed by atoms with Crippen molar-refractivity contribution in [1.29, 1.82) is 0 Å². The Kier molecular flexibility index (Phi) is 4.27. The van der Waals surface area contributed by atoms with Crippen molar-refractivity contribution < 1.29 is 9.50 Å². The summed E-state index contributed by atoms with van der Waals surface area (Å²) in [5.74, 6) is 1.48. The molecule has 4 nitrogen and oxygen atoms in total. The standard InChI is InChI=1S/C14H18FN3O/c1-10(2)8-18-13(16-17-14(18)9-19)7-11-4-3-5-12(15)6-11/h3-6,10,19H,7-9H2,1-2H3. The molecule has 0 atom stereocenters. The number of hydrogen-bond donors (Lipinski definition) is 1. The number of aliphatic hydroxyl groups excluding tert-OH is 1. The topological polar surface area (TPSA) is 50.9 Å². The minimum absolute atomic E-state index is 0.136. The molecule has 1 N–H and O–H groups in total. The van der Waals surface area contributed by atoms with E-state index < -0.39 is 0 Å². The first-order valence-corrected chi connectivity index (χ1v) is 6.36. The van der Waals surface area contributed by atoms with Crippen LogP contribution in [0.25, 0.3) is 0 Å². The van der Waals surface area contributed by atoms with Crippen molar-refractivity contribution in [2.75, 3.05) is 0 Å². The normalized spacial score (nSPS) is 11.2. The molecule has 0 spiro atoms. The van der Waals surface area contributed by atoms with E-state index >= 15 is 0 Å². The maximum absolute atomic E-state index is 13.2. The molecular weight excluding hydrogens is 245 g/mol. The van der Waals surface area contributed by atoms with Gasteiger partial charge in [-0.05, 0) is 23.6 Å². The second kappa shape index (κ2) is 5.93. The summed E-state index contributed by atoms with van der Waals surface area (Å²) in [6.45, 7) is 4.79.